The number of alkyl halides is 5. The molecule has 0 fully saturated rings. The zero-order chi connectivity index (χ0) is 23.3. The number of halogens is 5. The summed E-state index contributed by atoms with van der Waals surface area (Å²) >= 11 is 0. The van der Waals surface area contributed by atoms with E-state index in [0.717, 1.165) is 0 Å². The van der Waals surface area contributed by atoms with Crippen molar-refractivity contribution in [3.63, 3.8) is 0 Å². The van der Waals surface area contributed by atoms with Crippen LogP contribution in [-0.4, -0.2) is 60.2 Å². The maximum Gasteiger partial charge on any atom is 0.420 e. The molecule has 3 N–H and O–H groups in total. The number of carbonyl (C=O) groups excluding carboxylic acids is 2. The minimum absolute atomic E-state index is 0.0377. The van der Waals surface area contributed by atoms with Gasteiger partial charge in [-0.15, -0.1) is 0 Å². The van der Waals surface area contributed by atoms with E-state index in [9.17, 15) is 31.5 Å². The molecule has 30 heavy (non-hydrogen) atoms. The first-order chi connectivity index (χ1) is 13.6. The van der Waals surface area contributed by atoms with Gasteiger partial charge in [-0.1, -0.05) is 6.07 Å². The van der Waals surface area contributed by atoms with Crippen LogP contribution in [0.4, 0.5) is 27.8 Å². The Hall–Kier alpha value is -2.34. The lowest BCUT2D eigenvalue weighted by Crippen LogP contribution is -2.53. The fraction of sp³-hybridized carbons (Fsp3) is 0.611. The number of rotatable bonds is 10. The van der Waals surface area contributed by atoms with E-state index in [4.69, 9.17) is 10.5 Å². The monoisotopic (exact) mass is 441 g/mol. The summed E-state index contributed by atoms with van der Waals surface area (Å²) in [6.07, 6.45) is -7.74. The van der Waals surface area contributed by atoms with Crippen LogP contribution in [0.5, 0.6) is 0 Å². The highest BCUT2D eigenvalue weighted by molar-refractivity contribution is 5.92. The Balaban J connectivity index is 3.03. The van der Waals surface area contributed by atoms with Crippen LogP contribution in [0, 0.1) is 0 Å². The number of methoxy groups -OCH3 is 1. The van der Waals surface area contributed by atoms with Crippen molar-refractivity contribution in [2.24, 2.45) is 0 Å². The lowest BCUT2D eigenvalue weighted by atomic mass is 10.0. The first kappa shape index (κ1) is 25.7. The fourth-order valence-electron chi connectivity index (χ4n) is 2.26. The van der Waals surface area contributed by atoms with Crippen LogP contribution in [0.2, 0.25) is 0 Å². The molecule has 1 rings (SSSR count). The number of nitrogens with zero attached hydrogens (tertiary/aromatic N) is 1. The van der Waals surface area contributed by atoms with E-state index in [1.807, 2.05) is 0 Å². The molecule has 2 unspecified atom stereocenters. The van der Waals surface area contributed by atoms with Crippen molar-refractivity contribution in [3.8, 4) is 0 Å². The smallest absolute Gasteiger partial charge is 0.384 e. The predicted molar refractivity (Wildman–Crippen MR) is 96.8 cm³/mol. The van der Waals surface area contributed by atoms with Gasteiger partial charge in [0.2, 0.25) is 6.10 Å². The second kappa shape index (κ2) is 9.65. The molecule has 2 atom stereocenters. The van der Waals surface area contributed by atoms with E-state index in [1.165, 1.54) is 39.3 Å². The maximum atomic E-state index is 13.3. The number of nitrogens with two attached hydrogens (primary N) is 1. The van der Waals surface area contributed by atoms with Crippen LogP contribution in [0.3, 0.4) is 0 Å². The van der Waals surface area contributed by atoms with Crippen molar-refractivity contribution in [1.82, 2.24) is 10.3 Å². The minimum Gasteiger partial charge on any atom is -0.384 e. The quantitative estimate of drug-likeness (QED) is 0.540. The number of pyridine rings is 1. The third-order valence-electron chi connectivity index (χ3n) is 4.19. The van der Waals surface area contributed by atoms with Gasteiger partial charge in [-0.3, -0.25) is 9.59 Å². The van der Waals surface area contributed by atoms with E-state index in [-0.39, 0.29) is 19.2 Å². The lowest BCUT2D eigenvalue weighted by molar-refractivity contribution is -0.278. The van der Waals surface area contributed by atoms with Crippen molar-refractivity contribution in [3.05, 3.63) is 23.9 Å². The van der Waals surface area contributed by atoms with Crippen molar-refractivity contribution < 1.29 is 41.0 Å². The molecule has 0 saturated heterocycles. The normalized spacial score (nSPS) is 14.8. The number of Topliss-reactive ketones (excluding diaryl/α,β-unsaturated/α-hetero) is 1. The third-order valence-corrected chi connectivity index (χ3v) is 4.19. The molecule has 0 aliphatic heterocycles. The van der Waals surface area contributed by atoms with Crippen LogP contribution < -0.4 is 11.1 Å². The standard InChI is InChI=1S/C18H24F5N3O4/c1-16(2,29-4)15(28)26-11(7-10-5-6-13(24)25-8-10)12(27)9-30-14(17(3,19)20)18(21,22)23/h5-6,8,11,14H,7,9H2,1-4H3,(H2,24,25)(H,26,28). The Bertz CT molecular complexity index is 719. The van der Waals surface area contributed by atoms with Crippen LogP contribution in [0.1, 0.15) is 26.3 Å². The summed E-state index contributed by atoms with van der Waals surface area (Å²) in [5.74, 6) is -5.85. The van der Waals surface area contributed by atoms with E-state index < -0.39 is 48.1 Å². The Labute approximate surface area is 170 Å². The average molecular weight is 441 g/mol. The number of ether oxygens (including phenoxy) is 2. The number of nitrogen functional groups attached to an aromatic ring is 1. The summed E-state index contributed by atoms with van der Waals surface area (Å²) in [6.45, 7) is 1.55. The number of hydrogen-bond donors (Lipinski definition) is 2. The second-order valence-electron chi connectivity index (χ2n) is 7.19. The van der Waals surface area contributed by atoms with E-state index >= 15 is 0 Å². The molecule has 1 aromatic heterocycles. The van der Waals surface area contributed by atoms with Crippen molar-refractivity contribution in [2.75, 3.05) is 19.5 Å². The zero-order valence-corrected chi connectivity index (χ0v) is 16.8. The van der Waals surface area contributed by atoms with Gasteiger partial charge < -0.3 is 20.5 Å². The molecule has 0 bridgehead atoms. The molecular formula is C18H24F5N3O4. The Morgan fingerprint density at radius 2 is 1.77 bits per heavy atom. The van der Waals surface area contributed by atoms with Crippen molar-refractivity contribution in [1.29, 1.82) is 0 Å². The largest absolute Gasteiger partial charge is 0.420 e. The van der Waals surface area contributed by atoms with E-state index in [2.05, 4.69) is 15.0 Å². The third kappa shape index (κ3) is 7.48. The topological polar surface area (TPSA) is 104 Å². The SMILES string of the molecule is COC(C)(C)C(=O)NC(Cc1ccc(N)nc1)C(=O)COC(C(C)(F)F)C(F)(F)F. The fourth-order valence-corrected chi connectivity index (χ4v) is 2.26. The maximum absolute atomic E-state index is 13.3. The van der Waals surface area contributed by atoms with Crippen LogP contribution >= 0.6 is 0 Å². The number of nitrogens with one attached hydrogen (secondary N) is 1. The van der Waals surface area contributed by atoms with Gasteiger partial charge in [-0.05, 0) is 25.5 Å². The van der Waals surface area contributed by atoms with Gasteiger partial charge in [-0.25, -0.2) is 13.8 Å². The van der Waals surface area contributed by atoms with Gasteiger partial charge in [0.25, 0.3) is 11.8 Å². The number of aromatic nitrogens is 1. The van der Waals surface area contributed by atoms with Gasteiger partial charge in [0, 0.05) is 26.7 Å². The molecule has 7 nitrogen and oxygen atoms in total. The molecule has 0 spiro atoms. The number of ketones is 1. The minimum atomic E-state index is -5.39. The highest BCUT2D eigenvalue weighted by atomic mass is 19.4. The number of anilines is 1. The molecule has 0 aliphatic carbocycles. The molecule has 12 heteroatoms. The molecular weight excluding hydrogens is 417 g/mol. The summed E-state index contributed by atoms with van der Waals surface area (Å²) in [5.41, 5.74) is 4.54. The molecule has 0 saturated carbocycles. The van der Waals surface area contributed by atoms with E-state index in [0.29, 0.717) is 5.56 Å². The summed E-state index contributed by atoms with van der Waals surface area (Å²) in [5, 5.41) is 2.35. The molecule has 1 aromatic rings. The van der Waals surface area contributed by atoms with Gasteiger partial charge in [-0.2, -0.15) is 13.2 Å². The highest BCUT2D eigenvalue weighted by Crippen LogP contribution is 2.34. The molecule has 1 heterocycles. The summed E-state index contributed by atoms with van der Waals surface area (Å²) < 4.78 is 74.3. The predicted octanol–water partition coefficient (Wildman–Crippen LogP) is 2.29. The molecule has 0 radical (unpaired) electrons. The first-order valence-corrected chi connectivity index (χ1v) is 8.73. The van der Waals surface area contributed by atoms with Crippen LogP contribution in [0.25, 0.3) is 0 Å². The molecule has 1 amide bonds. The second-order valence-corrected chi connectivity index (χ2v) is 7.19. The van der Waals surface area contributed by atoms with Crippen molar-refractivity contribution >= 4 is 17.5 Å². The zero-order valence-electron chi connectivity index (χ0n) is 16.8. The molecule has 0 aliphatic rings. The van der Waals surface area contributed by atoms with E-state index in [1.54, 1.807) is 0 Å². The highest BCUT2D eigenvalue weighted by Gasteiger charge is 2.54. The summed E-state index contributed by atoms with van der Waals surface area (Å²) in [7, 11) is 1.25. The van der Waals surface area contributed by atoms with Crippen LogP contribution in [0.15, 0.2) is 18.3 Å². The van der Waals surface area contributed by atoms with Crippen LogP contribution in [-0.2, 0) is 25.5 Å². The Morgan fingerprint density at radius 1 is 1.17 bits per heavy atom. The average Bonchev–Trinajstić information content (AvgIpc) is 2.60. The summed E-state index contributed by atoms with van der Waals surface area (Å²) in [4.78, 5) is 28.7. The van der Waals surface area contributed by atoms with Gasteiger partial charge in [0.15, 0.2) is 5.78 Å². The first-order valence-electron chi connectivity index (χ1n) is 8.73. The molecule has 0 aromatic carbocycles. The summed E-state index contributed by atoms with van der Waals surface area (Å²) in [6, 6.07) is 1.54. The molecule has 170 valence electrons. The lowest BCUT2D eigenvalue weighted by Gasteiger charge is -2.28. The number of hydrogen-bond acceptors (Lipinski definition) is 6. The number of amides is 1. The van der Waals surface area contributed by atoms with Gasteiger partial charge >= 0.3 is 6.18 Å². The Morgan fingerprint density at radius 3 is 2.20 bits per heavy atom. The number of carbonyl (C=O) groups is 2. The van der Waals surface area contributed by atoms with Gasteiger partial charge in [0.05, 0.1) is 6.04 Å². The van der Waals surface area contributed by atoms with Gasteiger partial charge in [0.1, 0.15) is 18.0 Å². The van der Waals surface area contributed by atoms with Crippen molar-refractivity contribution in [2.45, 2.75) is 57.0 Å². The Kier molecular flexibility index (Phi) is 8.26.